The van der Waals surface area contributed by atoms with Gasteiger partial charge < -0.3 is 9.64 Å². The maximum absolute atomic E-state index is 12.3. The van der Waals surface area contributed by atoms with Crippen LogP contribution in [0.4, 0.5) is 9.59 Å². The molecule has 1 aromatic carbocycles. The lowest BCUT2D eigenvalue weighted by Gasteiger charge is -2.15. The van der Waals surface area contributed by atoms with Crippen LogP contribution in [0.3, 0.4) is 0 Å². The Hall–Kier alpha value is -1.66. The summed E-state index contributed by atoms with van der Waals surface area (Å²) >= 11 is 2.59. The molecular formula is C25H33NO3S2. The normalized spacial score (nSPS) is 20.1. The molecule has 1 heterocycles. The fraction of sp³-hybridized carbons (Fsp3) is 0.520. The number of carbonyl (C=O) groups is 2. The van der Waals surface area contributed by atoms with Gasteiger partial charge >= 0.3 is 5.30 Å². The van der Waals surface area contributed by atoms with Gasteiger partial charge in [-0.1, -0.05) is 55.0 Å². The molecule has 2 aliphatic rings. The van der Waals surface area contributed by atoms with E-state index in [1.807, 2.05) is 18.7 Å². The Morgan fingerprint density at radius 3 is 2.42 bits per heavy atom. The Morgan fingerprint density at radius 1 is 1.10 bits per heavy atom. The molecule has 0 spiro atoms. The minimum absolute atomic E-state index is 0.186. The van der Waals surface area contributed by atoms with Crippen molar-refractivity contribution in [2.24, 2.45) is 5.92 Å². The summed E-state index contributed by atoms with van der Waals surface area (Å²) in [6, 6.07) is 4.40. The van der Waals surface area contributed by atoms with E-state index in [9.17, 15) is 9.59 Å². The van der Waals surface area contributed by atoms with Crippen LogP contribution >= 0.6 is 23.5 Å². The smallest absolute Gasteiger partial charge is 0.372 e. The molecule has 0 aromatic heterocycles. The van der Waals surface area contributed by atoms with Crippen LogP contribution in [-0.2, 0) is 4.74 Å². The molecule has 168 valence electrons. The first-order chi connectivity index (χ1) is 14.8. The van der Waals surface area contributed by atoms with Gasteiger partial charge in [0.05, 0.1) is 0 Å². The molecule has 0 N–H and O–H groups in total. The zero-order valence-corrected chi connectivity index (χ0v) is 20.9. The summed E-state index contributed by atoms with van der Waals surface area (Å²) in [5.41, 5.74) is 7.33. The first kappa shape index (κ1) is 24.0. The van der Waals surface area contributed by atoms with E-state index < -0.39 is 0 Å². The molecular weight excluding hydrogens is 426 g/mol. The lowest BCUT2D eigenvalue weighted by molar-refractivity contribution is 0.204. The number of thioether (sulfide) groups is 2. The first-order valence-electron chi connectivity index (χ1n) is 11.1. The van der Waals surface area contributed by atoms with Crippen molar-refractivity contribution in [2.45, 2.75) is 53.9 Å². The molecule has 4 nitrogen and oxygen atoms in total. The monoisotopic (exact) mass is 459 g/mol. The van der Waals surface area contributed by atoms with E-state index in [0.29, 0.717) is 18.1 Å². The highest BCUT2D eigenvalue weighted by atomic mass is 32.2. The lowest BCUT2D eigenvalue weighted by Crippen LogP contribution is -2.24. The number of carbonyl (C=O) groups excluding carboxylic acids is 2. The van der Waals surface area contributed by atoms with Gasteiger partial charge in [-0.25, -0.2) is 4.79 Å². The number of hydrogen-bond donors (Lipinski definition) is 0. The third kappa shape index (κ3) is 5.98. The second kappa shape index (κ2) is 10.8. The van der Waals surface area contributed by atoms with Gasteiger partial charge in [0.25, 0.3) is 5.24 Å². The van der Waals surface area contributed by atoms with Crippen molar-refractivity contribution < 1.29 is 14.3 Å². The molecule has 1 saturated heterocycles. The molecule has 0 radical (unpaired) electrons. The van der Waals surface area contributed by atoms with Crippen molar-refractivity contribution in [2.75, 3.05) is 24.6 Å². The third-order valence-corrected chi connectivity index (χ3v) is 7.20. The maximum Gasteiger partial charge on any atom is 0.372 e. The molecule has 0 bridgehead atoms. The highest BCUT2D eigenvalue weighted by molar-refractivity contribution is 8.13. The van der Waals surface area contributed by atoms with Gasteiger partial charge in [0.15, 0.2) is 0 Å². The Bertz CT molecular complexity index is 896. The van der Waals surface area contributed by atoms with Crippen LogP contribution in [0.15, 0.2) is 29.5 Å². The average molecular weight is 460 g/mol. The van der Waals surface area contributed by atoms with E-state index >= 15 is 0 Å². The standard InChI is InChI=1S/C25H33NO3S2/c1-6-30-24(27)26-9-8-19(15-26)12-20-13-21(22(14-20)29-25(28)31-7-2)23-17(4)10-16(3)11-18(23)5/h10-12,19H,6-9,13-15H2,1-5H3. The number of hydrogen-bond acceptors (Lipinski definition) is 5. The summed E-state index contributed by atoms with van der Waals surface area (Å²) in [6.07, 6.45) is 4.80. The van der Waals surface area contributed by atoms with Crippen molar-refractivity contribution in [1.82, 2.24) is 4.90 Å². The second-order valence-corrected chi connectivity index (χ2v) is 10.7. The van der Waals surface area contributed by atoms with Crippen LogP contribution in [-0.4, -0.2) is 40.0 Å². The Labute approximate surface area is 194 Å². The Morgan fingerprint density at radius 2 is 1.77 bits per heavy atom. The van der Waals surface area contributed by atoms with Gasteiger partial charge in [-0.3, -0.25) is 4.79 Å². The Kier molecular flexibility index (Phi) is 8.34. The van der Waals surface area contributed by atoms with Crippen molar-refractivity contribution in [3.05, 3.63) is 51.8 Å². The predicted molar refractivity (Wildman–Crippen MR) is 133 cm³/mol. The minimum atomic E-state index is -0.229. The predicted octanol–water partition coefficient (Wildman–Crippen LogP) is 7.13. The van der Waals surface area contributed by atoms with Gasteiger partial charge in [0.2, 0.25) is 0 Å². The number of nitrogens with zero attached hydrogens (tertiary/aromatic N) is 1. The van der Waals surface area contributed by atoms with Crippen molar-refractivity contribution in [3.63, 3.8) is 0 Å². The fourth-order valence-corrected chi connectivity index (χ4v) is 5.68. The number of aryl methyl sites for hydroxylation is 3. The van der Waals surface area contributed by atoms with Gasteiger partial charge in [0, 0.05) is 30.8 Å². The van der Waals surface area contributed by atoms with Gasteiger partial charge in [-0.2, -0.15) is 0 Å². The summed E-state index contributed by atoms with van der Waals surface area (Å²) in [5, 5.41) is -0.0429. The second-order valence-electron chi connectivity index (χ2n) is 8.33. The molecule has 1 aliphatic heterocycles. The molecule has 1 unspecified atom stereocenters. The molecule has 0 saturated carbocycles. The summed E-state index contributed by atoms with van der Waals surface area (Å²) in [6.45, 7) is 12.0. The SMILES string of the molecule is CCSC(=O)OC1=C(c2c(C)cc(C)cc2C)CC(=CC2CCN(C(=O)SCC)C2)C1. The summed E-state index contributed by atoms with van der Waals surface area (Å²) < 4.78 is 5.84. The molecule has 3 rings (SSSR count). The highest BCUT2D eigenvalue weighted by Gasteiger charge is 2.29. The fourth-order valence-electron chi connectivity index (χ4n) is 4.69. The number of benzene rings is 1. The first-order valence-corrected chi connectivity index (χ1v) is 13.1. The molecule has 6 heteroatoms. The van der Waals surface area contributed by atoms with Gasteiger partial charge in [-0.05, 0) is 73.7 Å². The number of ether oxygens (including phenoxy) is 1. The molecule has 1 aromatic rings. The average Bonchev–Trinajstić information content (AvgIpc) is 3.29. The molecule has 1 atom stereocenters. The number of amides is 1. The zero-order valence-electron chi connectivity index (χ0n) is 19.2. The number of likely N-dealkylation sites (tertiary alicyclic amines) is 1. The zero-order chi connectivity index (χ0) is 22.5. The van der Waals surface area contributed by atoms with E-state index in [4.69, 9.17) is 4.74 Å². The van der Waals surface area contributed by atoms with E-state index in [0.717, 1.165) is 43.0 Å². The van der Waals surface area contributed by atoms with E-state index in [2.05, 4.69) is 39.0 Å². The van der Waals surface area contributed by atoms with Crippen molar-refractivity contribution in [3.8, 4) is 0 Å². The maximum atomic E-state index is 12.3. The Balaban J connectivity index is 1.83. The van der Waals surface area contributed by atoms with Crippen molar-refractivity contribution in [1.29, 1.82) is 0 Å². The van der Waals surface area contributed by atoms with Crippen LogP contribution in [0.2, 0.25) is 0 Å². The van der Waals surface area contributed by atoms with E-state index in [-0.39, 0.29) is 10.5 Å². The third-order valence-electron chi connectivity index (χ3n) is 5.80. The largest absolute Gasteiger partial charge is 0.422 e. The van der Waals surface area contributed by atoms with E-state index in [1.165, 1.54) is 51.4 Å². The summed E-state index contributed by atoms with van der Waals surface area (Å²) in [7, 11) is 0. The van der Waals surface area contributed by atoms with Crippen LogP contribution < -0.4 is 0 Å². The summed E-state index contributed by atoms with van der Waals surface area (Å²) in [4.78, 5) is 26.4. The number of allylic oxidation sites excluding steroid dienone is 2. The van der Waals surface area contributed by atoms with Crippen LogP contribution in [0.25, 0.3) is 5.57 Å². The quantitative estimate of drug-likeness (QED) is 0.346. The number of rotatable bonds is 5. The van der Waals surface area contributed by atoms with Crippen LogP contribution in [0.1, 0.15) is 55.4 Å². The molecule has 1 fully saturated rings. The highest BCUT2D eigenvalue weighted by Crippen LogP contribution is 2.42. The summed E-state index contributed by atoms with van der Waals surface area (Å²) in [5.74, 6) is 2.68. The van der Waals surface area contributed by atoms with Crippen LogP contribution in [0, 0.1) is 26.7 Å². The lowest BCUT2D eigenvalue weighted by atomic mass is 9.92. The minimum Gasteiger partial charge on any atom is -0.422 e. The van der Waals surface area contributed by atoms with Gasteiger partial charge in [-0.15, -0.1) is 0 Å². The van der Waals surface area contributed by atoms with Crippen molar-refractivity contribution >= 4 is 39.6 Å². The molecule has 1 aliphatic carbocycles. The van der Waals surface area contributed by atoms with Crippen LogP contribution in [0.5, 0.6) is 0 Å². The molecule has 31 heavy (non-hydrogen) atoms. The molecule has 1 amide bonds. The van der Waals surface area contributed by atoms with Gasteiger partial charge in [0.1, 0.15) is 5.76 Å². The topological polar surface area (TPSA) is 46.6 Å². The van der Waals surface area contributed by atoms with E-state index in [1.54, 1.807) is 0 Å².